The van der Waals surface area contributed by atoms with Crippen molar-refractivity contribution in [1.82, 2.24) is 10.3 Å². The highest BCUT2D eigenvalue weighted by Gasteiger charge is 2.16. The molecule has 8 heteroatoms. The van der Waals surface area contributed by atoms with Crippen LogP contribution >= 0.6 is 0 Å². The number of benzene rings is 2. The number of nitrogens with one attached hydrogen (secondary N) is 2. The maximum absolute atomic E-state index is 12.5. The molecule has 0 atom stereocenters. The molecule has 1 aliphatic rings. The molecule has 27 heavy (non-hydrogen) atoms. The first-order chi connectivity index (χ1) is 13.1. The molecular weight excluding hydrogens is 352 g/mol. The Morgan fingerprint density at radius 1 is 1.22 bits per heavy atom. The van der Waals surface area contributed by atoms with Crippen molar-refractivity contribution in [3.8, 4) is 23.0 Å². The van der Waals surface area contributed by atoms with Crippen LogP contribution in [0.5, 0.6) is 23.0 Å². The van der Waals surface area contributed by atoms with Crippen molar-refractivity contribution >= 4 is 16.8 Å². The number of phenolic OH excluding ortho intramolecular Hbond substituents is 1. The van der Waals surface area contributed by atoms with Crippen molar-refractivity contribution in [3.05, 3.63) is 57.9 Å². The molecule has 0 unspecified atom stereocenters. The van der Waals surface area contributed by atoms with Crippen LogP contribution in [0.2, 0.25) is 0 Å². The maximum Gasteiger partial charge on any atom is 0.261 e. The Morgan fingerprint density at radius 2 is 2.04 bits per heavy atom. The predicted octanol–water partition coefficient (Wildman–Crippen LogP) is 1.90. The van der Waals surface area contributed by atoms with E-state index in [2.05, 4.69) is 10.3 Å². The number of rotatable bonds is 4. The van der Waals surface area contributed by atoms with Gasteiger partial charge < -0.3 is 29.6 Å². The van der Waals surface area contributed by atoms with E-state index in [-0.39, 0.29) is 35.9 Å². The van der Waals surface area contributed by atoms with E-state index in [9.17, 15) is 14.7 Å². The summed E-state index contributed by atoms with van der Waals surface area (Å²) in [5.74, 6) is 0.810. The van der Waals surface area contributed by atoms with E-state index < -0.39 is 11.5 Å². The largest absolute Gasteiger partial charge is 0.503 e. The Balaban J connectivity index is 1.57. The number of phenols is 1. The number of methoxy groups -OCH3 is 1. The van der Waals surface area contributed by atoms with Crippen LogP contribution in [0.1, 0.15) is 15.9 Å². The number of aromatic amines is 1. The molecule has 2 aromatic carbocycles. The highest BCUT2D eigenvalue weighted by molar-refractivity contribution is 5.98. The standard InChI is InChI=1S/C19H16N2O6/c1-25-14-5-3-11-7-12(19(24)21-16(11)17(14)22)18(23)20-8-10-2-4-13-15(6-10)27-9-26-13/h2-7,22H,8-9H2,1H3,(H,20,23)(H,21,24). The quantitative estimate of drug-likeness (QED) is 0.649. The van der Waals surface area contributed by atoms with Crippen LogP contribution in [0.25, 0.3) is 10.9 Å². The van der Waals surface area contributed by atoms with Gasteiger partial charge >= 0.3 is 0 Å². The number of H-pyrrole nitrogens is 1. The van der Waals surface area contributed by atoms with Gasteiger partial charge in [0, 0.05) is 11.9 Å². The van der Waals surface area contributed by atoms with E-state index in [1.807, 2.05) is 6.07 Å². The number of amides is 1. The number of ether oxygens (including phenoxy) is 3. The van der Waals surface area contributed by atoms with Gasteiger partial charge in [0.1, 0.15) is 5.56 Å². The Hall–Kier alpha value is -3.68. The fourth-order valence-electron chi connectivity index (χ4n) is 2.90. The van der Waals surface area contributed by atoms with Crippen LogP contribution in [0.4, 0.5) is 0 Å². The van der Waals surface area contributed by atoms with Gasteiger partial charge in [-0.1, -0.05) is 6.07 Å². The molecular formula is C19H16N2O6. The predicted molar refractivity (Wildman–Crippen MR) is 96.5 cm³/mol. The van der Waals surface area contributed by atoms with E-state index in [1.165, 1.54) is 13.2 Å². The number of fused-ring (bicyclic) bond motifs is 2. The minimum Gasteiger partial charge on any atom is -0.503 e. The van der Waals surface area contributed by atoms with Gasteiger partial charge in [0.15, 0.2) is 23.0 Å². The third-order valence-electron chi connectivity index (χ3n) is 4.31. The van der Waals surface area contributed by atoms with E-state index >= 15 is 0 Å². The number of aromatic hydroxyl groups is 1. The molecule has 0 radical (unpaired) electrons. The normalized spacial score (nSPS) is 12.2. The van der Waals surface area contributed by atoms with Gasteiger partial charge in [0.05, 0.1) is 12.6 Å². The molecule has 2 heterocycles. The lowest BCUT2D eigenvalue weighted by Gasteiger charge is -2.09. The number of carbonyl (C=O) groups excluding carboxylic acids is 1. The molecule has 3 N–H and O–H groups in total. The number of hydrogen-bond donors (Lipinski definition) is 3. The fourth-order valence-corrected chi connectivity index (χ4v) is 2.90. The monoisotopic (exact) mass is 368 g/mol. The Kier molecular flexibility index (Phi) is 4.08. The van der Waals surface area contributed by atoms with E-state index in [0.717, 1.165) is 5.56 Å². The highest BCUT2D eigenvalue weighted by Crippen LogP contribution is 2.33. The molecule has 0 bridgehead atoms. The summed E-state index contributed by atoms with van der Waals surface area (Å²) in [4.78, 5) is 27.3. The van der Waals surface area contributed by atoms with Crippen LogP contribution in [0.3, 0.4) is 0 Å². The number of hydrogen-bond acceptors (Lipinski definition) is 6. The molecule has 3 aromatic rings. The molecule has 0 saturated heterocycles. The molecule has 0 spiro atoms. The van der Waals surface area contributed by atoms with Gasteiger partial charge in [-0.25, -0.2) is 0 Å². The third kappa shape index (κ3) is 3.01. The Morgan fingerprint density at radius 3 is 2.85 bits per heavy atom. The molecule has 0 fully saturated rings. The summed E-state index contributed by atoms with van der Waals surface area (Å²) in [6.45, 7) is 0.399. The van der Waals surface area contributed by atoms with E-state index in [1.54, 1.807) is 24.3 Å². The van der Waals surface area contributed by atoms with Gasteiger partial charge in [-0.15, -0.1) is 0 Å². The van der Waals surface area contributed by atoms with Crippen molar-refractivity contribution < 1.29 is 24.1 Å². The zero-order valence-electron chi connectivity index (χ0n) is 14.4. The average Bonchev–Trinajstić information content (AvgIpc) is 3.14. The minimum atomic E-state index is -0.603. The lowest BCUT2D eigenvalue weighted by Crippen LogP contribution is -2.29. The van der Waals surface area contributed by atoms with Crippen LogP contribution in [0, 0.1) is 0 Å². The lowest BCUT2D eigenvalue weighted by molar-refractivity contribution is 0.0949. The van der Waals surface area contributed by atoms with Crippen LogP contribution in [-0.2, 0) is 6.54 Å². The van der Waals surface area contributed by atoms with Gasteiger partial charge in [-0.2, -0.15) is 0 Å². The van der Waals surface area contributed by atoms with Gasteiger partial charge in [0.25, 0.3) is 11.5 Å². The minimum absolute atomic E-state index is 0.0483. The number of aromatic nitrogens is 1. The SMILES string of the molecule is COc1ccc2cc(C(=O)NCc3ccc4c(c3)OCO4)c(=O)[nH]c2c1O. The summed E-state index contributed by atoms with van der Waals surface area (Å²) >= 11 is 0. The fraction of sp³-hybridized carbons (Fsp3) is 0.158. The first kappa shape index (κ1) is 16.8. The van der Waals surface area contributed by atoms with Crippen LogP contribution in [-0.4, -0.2) is 29.9 Å². The van der Waals surface area contributed by atoms with Crippen molar-refractivity contribution in [2.45, 2.75) is 6.54 Å². The smallest absolute Gasteiger partial charge is 0.261 e. The first-order valence-corrected chi connectivity index (χ1v) is 8.16. The summed E-state index contributed by atoms with van der Waals surface area (Å²) in [6, 6.07) is 9.99. The average molecular weight is 368 g/mol. The maximum atomic E-state index is 12.5. The highest BCUT2D eigenvalue weighted by atomic mass is 16.7. The molecule has 0 aliphatic carbocycles. The summed E-state index contributed by atoms with van der Waals surface area (Å²) in [5.41, 5.74) is 0.376. The summed E-state index contributed by atoms with van der Waals surface area (Å²) < 4.78 is 15.6. The van der Waals surface area contributed by atoms with Gasteiger partial charge in [-0.05, 0) is 35.9 Å². The molecule has 0 saturated carbocycles. The third-order valence-corrected chi connectivity index (χ3v) is 4.31. The second kappa shape index (κ2) is 6.56. The van der Waals surface area contributed by atoms with E-state index in [4.69, 9.17) is 14.2 Å². The van der Waals surface area contributed by atoms with Gasteiger partial charge in [-0.3, -0.25) is 9.59 Å². The van der Waals surface area contributed by atoms with Crippen molar-refractivity contribution in [2.24, 2.45) is 0 Å². The second-order valence-corrected chi connectivity index (χ2v) is 5.96. The summed E-state index contributed by atoms with van der Waals surface area (Å²) in [5, 5.41) is 13.3. The molecule has 1 aliphatic heterocycles. The Bertz CT molecular complexity index is 1110. The van der Waals surface area contributed by atoms with Crippen LogP contribution in [0.15, 0.2) is 41.2 Å². The first-order valence-electron chi connectivity index (χ1n) is 8.16. The lowest BCUT2D eigenvalue weighted by atomic mass is 10.1. The van der Waals surface area contributed by atoms with E-state index in [0.29, 0.717) is 16.9 Å². The zero-order chi connectivity index (χ0) is 19.0. The number of pyridine rings is 1. The summed E-state index contributed by atoms with van der Waals surface area (Å²) in [7, 11) is 1.41. The van der Waals surface area contributed by atoms with Crippen molar-refractivity contribution in [1.29, 1.82) is 0 Å². The van der Waals surface area contributed by atoms with Crippen LogP contribution < -0.4 is 25.1 Å². The molecule has 1 aromatic heterocycles. The topological polar surface area (TPSA) is 110 Å². The zero-order valence-corrected chi connectivity index (χ0v) is 14.4. The number of carbonyl (C=O) groups is 1. The molecule has 1 amide bonds. The van der Waals surface area contributed by atoms with Gasteiger partial charge in [0.2, 0.25) is 6.79 Å². The van der Waals surface area contributed by atoms with Crippen molar-refractivity contribution in [2.75, 3.05) is 13.9 Å². The van der Waals surface area contributed by atoms with Crippen molar-refractivity contribution in [3.63, 3.8) is 0 Å². The molecule has 8 nitrogen and oxygen atoms in total. The molecule has 4 rings (SSSR count). The second-order valence-electron chi connectivity index (χ2n) is 5.96. The summed E-state index contributed by atoms with van der Waals surface area (Å²) in [6.07, 6.45) is 0. The molecule has 138 valence electrons. The Labute approximate surface area is 153 Å².